The zero-order valence-electron chi connectivity index (χ0n) is 8.98. The standard InChI is InChI=1S/C11H15N3O2/c12-11(15)8-4-10(6-13-5-8)16-7-9-2-1-3-14-9/h4-6,9,14H,1-3,7H2,(H2,12,15)/t9-/m0/s1. The minimum atomic E-state index is -0.489. The molecule has 5 nitrogen and oxygen atoms in total. The van der Waals surface area contributed by atoms with E-state index in [1.54, 1.807) is 12.3 Å². The molecule has 2 heterocycles. The molecule has 1 aliphatic heterocycles. The van der Waals surface area contributed by atoms with Crippen molar-refractivity contribution in [3.8, 4) is 5.75 Å². The first-order valence-electron chi connectivity index (χ1n) is 5.37. The lowest BCUT2D eigenvalue weighted by Gasteiger charge is -2.11. The van der Waals surface area contributed by atoms with Gasteiger partial charge in [-0.1, -0.05) is 0 Å². The summed E-state index contributed by atoms with van der Waals surface area (Å²) in [4.78, 5) is 14.8. The Labute approximate surface area is 94.0 Å². The number of pyridine rings is 1. The highest BCUT2D eigenvalue weighted by atomic mass is 16.5. The van der Waals surface area contributed by atoms with E-state index in [9.17, 15) is 4.79 Å². The van der Waals surface area contributed by atoms with Crippen LogP contribution in [0.25, 0.3) is 0 Å². The van der Waals surface area contributed by atoms with Gasteiger partial charge in [0.1, 0.15) is 12.4 Å². The van der Waals surface area contributed by atoms with Gasteiger partial charge in [-0.3, -0.25) is 9.78 Å². The Morgan fingerprint density at radius 2 is 2.50 bits per heavy atom. The van der Waals surface area contributed by atoms with Crippen LogP contribution in [0.1, 0.15) is 23.2 Å². The predicted octanol–water partition coefficient (Wildman–Crippen LogP) is 0.311. The molecule has 1 atom stereocenters. The van der Waals surface area contributed by atoms with Crippen molar-refractivity contribution in [1.29, 1.82) is 0 Å². The third-order valence-electron chi connectivity index (χ3n) is 2.61. The van der Waals surface area contributed by atoms with Gasteiger partial charge in [0.05, 0.1) is 11.8 Å². The van der Waals surface area contributed by atoms with Gasteiger partial charge in [0.25, 0.3) is 0 Å². The smallest absolute Gasteiger partial charge is 0.250 e. The second kappa shape index (κ2) is 4.94. The summed E-state index contributed by atoms with van der Waals surface area (Å²) in [5.41, 5.74) is 5.53. The number of nitrogens with one attached hydrogen (secondary N) is 1. The average molecular weight is 221 g/mol. The number of hydrogen-bond donors (Lipinski definition) is 2. The van der Waals surface area contributed by atoms with Gasteiger partial charge in [-0.25, -0.2) is 0 Å². The van der Waals surface area contributed by atoms with Crippen LogP contribution < -0.4 is 15.8 Å². The van der Waals surface area contributed by atoms with Crippen molar-refractivity contribution >= 4 is 5.91 Å². The minimum Gasteiger partial charge on any atom is -0.490 e. The first kappa shape index (κ1) is 10.9. The van der Waals surface area contributed by atoms with Crippen molar-refractivity contribution in [3.63, 3.8) is 0 Å². The van der Waals surface area contributed by atoms with E-state index in [1.807, 2.05) is 0 Å². The minimum absolute atomic E-state index is 0.372. The van der Waals surface area contributed by atoms with Crippen LogP contribution >= 0.6 is 0 Å². The molecule has 1 saturated heterocycles. The Kier molecular flexibility index (Phi) is 3.36. The predicted molar refractivity (Wildman–Crippen MR) is 59.3 cm³/mol. The quantitative estimate of drug-likeness (QED) is 0.767. The maximum atomic E-state index is 10.9. The molecular weight excluding hydrogens is 206 g/mol. The fourth-order valence-corrected chi connectivity index (χ4v) is 1.73. The van der Waals surface area contributed by atoms with Gasteiger partial charge in [0, 0.05) is 12.2 Å². The molecule has 0 radical (unpaired) electrons. The Hall–Kier alpha value is -1.62. The van der Waals surface area contributed by atoms with Crippen LogP contribution in [0.3, 0.4) is 0 Å². The number of amides is 1. The summed E-state index contributed by atoms with van der Waals surface area (Å²) in [6.07, 6.45) is 5.33. The van der Waals surface area contributed by atoms with Gasteiger partial charge < -0.3 is 15.8 Å². The van der Waals surface area contributed by atoms with Crippen LogP contribution in [0.2, 0.25) is 0 Å². The molecule has 0 bridgehead atoms. The van der Waals surface area contributed by atoms with Crippen molar-refractivity contribution in [2.75, 3.05) is 13.2 Å². The van der Waals surface area contributed by atoms with Crippen LogP contribution in [-0.4, -0.2) is 30.1 Å². The zero-order chi connectivity index (χ0) is 11.4. The average Bonchev–Trinajstić information content (AvgIpc) is 2.79. The number of primary amides is 1. The summed E-state index contributed by atoms with van der Waals surface area (Å²) in [5, 5.41) is 3.33. The van der Waals surface area contributed by atoms with Crippen molar-refractivity contribution in [1.82, 2.24) is 10.3 Å². The largest absolute Gasteiger partial charge is 0.490 e. The Morgan fingerprint density at radius 3 is 3.19 bits per heavy atom. The molecule has 1 fully saturated rings. The molecule has 1 aliphatic rings. The van der Waals surface area contributed by atoms with E-state index >= 15 is 0 Å². The Morgan fingerprint density at radius 1 is 1.62 bits per heavy atom. The van der Waals surface area contributed by atoms with Crippen LogP contribution in [0.15, 0.2) is 18.5 Å². The summed E-state index contributed by atoms with van der Waals surface area (Å²) in [6, 6.07) is 2.02. The lowest BCUT2D eigenvalue weighted by Crippen LogP contribution is -2.28. The molecule has 0 unspecified atom stereocenters. The van der Waals surface area contributed by atoms with Crippen molar-refractivity contribution in [2.24, 2.45) is 5.73 Å². The molecule has 0 spiro atoms. The third-order valence-corrected chi connectivity index (χ3v) is 2.61. The van der Waals surface area contributed by atoms with E-state index in [-0.39, 0.29) is 0 Å². The molecule has 5 heteroatoms. The van der Waals surface area contributed by atoms with Gasteiger partial charge in [-0.2, -0.15) is 0 Å². The first-order chi connectivity index (χ1) is 7.75. The number of carbonyl (C=O) groups excluding carboxylic acids is 1. The normalized spacial score (nSPS) is 19.6. The highest BCUT2D eigenvalue weighted by Gasteiger charge is 2.14. The second-order valence-electron chi connectivity index (χ2n) is 3.88. The Balaban J connectivity index is 1.93. The number of ether oxygens (including phenoxy) is 1. The first-order valence-corrected chi connectivity index (χ1v) is 5.37. The molecule has 16 heavy (non-hydrogen) atoms. The van der Waals surface area contributed by atoms with Crippen molar-refractivity contribution in [3.05, 3.63) is 24.0 Å². The second-order valence-corrected chi connectivity index (χ2v) is 3.88. The van der Waals surface area contributed by atoms with E-state index in [2.05, 4.69) is 10.3 Å². The van der Waals surface area contributed by atoms with E-state index in [4.69, 9.17) is 10.5 Å². The molecule has 3 N–H and O–H groups in total. The van der Waals surface area contributed by atoms with Gasteiger partial charge in [0.15, 0.2) is 0 Å². The molecule has 1 aromatic rings. The molecular formula is C11H15N3O2. The van der Waals surface area contributed by atoms with E-state index < -0.39 is 5.91 Å². The molecule has 0 aromatic carbocycles. The number of rotatable bonds is 4. The summed E-state index contributed by atoms with van der Waals surface area (Å²) in [7, 11) is 0. The van der Waals surface area contributed by atoms with Crippen LogP contribution in [0, 0.1) is 0 Å². The zero-order valence-corrected chi connectivity index (χ0v) is 8.98. The summed E-state index contributed by atoms with van der Waals surface area (Å²) in [5.74, 6) is 0.0990. The third kappa shape index (κ3) is 2.70. The highest BCUT2D eigenvalue weighted by molar-refractivity contribution is 5.92. The summed E-state index contributed by atoms with van der Waals surface area (Å²) < 4.78 is 5.55. The fraction of sp³-hybridized carbons (Fsp3) is 0.455. The van der Waals surface area contributed by atoms with Crippen LogP contribution in [0.5, 0.6) is 5.75 Å². The van der Waals surface area contributed by atoms with Crippen molar-refractivity contribution < 1.29 is 9.53 Å². The number of hydrogen-bond acceptors (Lipinski definition) is 4. The van der Waals surface area contributed by atoms with Gasteiger partial charge in [0.2, 0.25) is 5.91 Å². The molecule has 0 aliphatic carbocycles. The molecule has 1 aromatic heterocycles. The molecule has 1 amide bonds. The Bertz CT molecular complexity index is 375. The van der Waals surface area contributed by atoms with Gasteiger partial charge in [-0.05, 0) is 25.5 Å². The highest BCUT2D eigenvalue weighted by Crippen LogP contribution is 2.13. The van der Waals surface area contributed by atoms with Crippen LogP contribution in [-0.2, 0) is 0 Å². The SMILES string of the molecule is NC(=O)c1cncc(OC[C@@H]2CCCN2)c1. The van der Waals surface area contributed by atoms with Crippen LogP contribution in [0.4, 0.5) is 0 Å². The van der Waals surface area contributed by atoms with Gasteiger partial charge >= 0.3 is 0 Å². The monoisotopic (exact) mass is 221 g/mol. The maximum Gasteiger partial charge on any atom is 0.250 e. The van der Waals surface area contributed by atoms with E-state index in [0.29, 0.717) is 24.0 Å². The number of carbonyl (C=O) groups is 1. The van der Waals surface area contributed by atoms with Gasteiger partial charge in [-0.15, -0.1) is 0 Å². The topological polar surface area (TPSA) is 77.2 Å². The number of nitrogens with two attached hydrogens (primary N) is 1. The molecule has 2 rings (SSSR count). The van der Waals surface area contributed by atoms with E-state index in [1.165, 1.54) is 12.6 Å². The number of nitrogens with zero attached hydrogens (tertiary/aromatic N) is 1. The summed E-state index contributed by atoms with van der Waals surface area (Å²) >= 11 is 0. The van der Waals surface area contributed by atoms with Crippen molar-refractivity contribution in [2.45, 2.75) is 18.9 Å². The lowest BCUT2D eigenvalue weighted by molar-refractivity contribution is 0.0999. The fourth-order valence-electron chi connectivity index (χ4n) is 1.73. The summed E-state index contributed by atoms with van der Waals surface area (Å²) in [6.45, 7) is 1.65. The molecule has 0 saturated carbocycles. The number of aromatic nitrogens is 1. The molecule has 86 valence electrons. The lowest BCUT2D eigenvalue weighted by atomic mass is 10.2. The maximum absolute atomic E-state index is 10.9. The van der Waals surface area contributed by atoms with E-state index in [0.717, 1.165) is 13.0 Å².